The first-order chi connectivity index (χ1) is 10.8. The van der Waals surface area contributed by atoms with E-state index in [0.717, 1.165) is 19.3 Å². The molecule has 0 radical (unpaired) electrons. The van der Waals surface area contributed by atoms with Gasteiger partial charge >= 0.3 is 5.97 Å². The van der Waals surface area contributed by atoms with E-state index in [0.29, 0.717) is 25.4 Å². The fourth-order valence-corrected chi connectivity index (χ4v) is 3.54. The lowest BCUT2D eigenvalue weighted by Gasteiger charge is -2.30. The normalized spacial score (nSPS) is 16.3. The zero-order valence-corrected chi connectivity index (χ0v) is 14.3. The number of benzene rings is 1. The van der Waals surface area contributed by atoms with Gasteiger partial charge in [-0.2, -0.15) is 0 Å². The van der Waals surface area contributed by atoms with Gasteiger partial charge in [-0.15, -0.1) is 0 Å². The number of anilines is 1. The highest BCUT2D eigenvalue weighted by Crippen LogP contribution is 2.25. The van der Waals surface area contributed by atoms with Crippen molar-refractivity contribution >= 4 is 33.3 Å². The van der Waals surface area contributed by atoms with Crippen LogP contribution in [0, 0.1) is 0 Å². The summed E-state index contributed by atoms with van der Waals surface area (Å²) in [6, 6.07) is 4.13. The number of hydrogen-bond acceptors (Lipinski definition) is 5. The predicted molar refractivity (Wildman–Crippen MR) is 87.9 cm³/mol. The monoisotopic (exact) mass is 362 g/mol. The third-order valence-electron chi connectivity index (χ3n) is 3.59. The van der Waals surface area contributed by atoms with Gasteiger partial charge in [0.2, 0.25) is 10.0 Å². The van der Waals surface area contributed by atoms with Crippen molar-refractivity contribution in [2.45, 2.75) is 0 Å². The summed E-state index contributed by atoms with van der Waals surface area (Å²) in [6.45, 7) is 3.62. The van der Waals surface area contributed by atoms with Gasteiger partial charge in [-0.3, -0.25) is 9.21 Å². The SMILES string of the molecule is CS(=O)(=O)N(CCN1CCOCC1)c1ccc(C(=O)O)c(Cl)c1. The van der Waals surface area contributed by atoms with E-state index in [-0.39, 0.29) is 17.1 Å². The number of hydrogen-bond donors (Lipinski definition) is 1. The van der Waals surface area contributed by atoms with Crippen LogP contribution in [0.4, 0.5) is 5.69 Å². The molecule has 1 heterocycles. The predicted octanol–water partition coefficient (Wildman–Crippen LogP) is 1.14. The quantitative estimate of drug-likeness (QED) is 0.816. The van der Waals surface area contributed by atoms with Crippen molar-refractivity contribution in [3.63, 3.8) is 0 Å². The van der Waals surface area contributed by atoms with E-state index in [1.54, 1.807) is 0 Å². The molecule has 1 fully saturated rings. The lowest BCUT2D eigenvalue weighted by molar-refractivity contribution is 0.0395. The van der Waals surface area contributed by atoms with Crippen LogP contribution in [0.5, 0.6) is 0 Å². The molecule has 0 saturated carbocycles. The third kappa shape index (κ3) is 4.81. The summed E-state index contributed by atoms with van der Waals surface area (Å²) in [5, 5.41) is 9.00. The van der Waals surface area contributed by atoms with Crippen LogP contribution < -0.4 is 4.31 Å². The number of aromatic carboxylic acids is 1. The molecular weight excluding hydrogens is 344 g/mol. The maximum atomic E-state index is 12.1. The molecule has 1 aromatic rings. The molecule has 2 rings (SSSR count). The summed E-state index contributed by atoms with van der Waals surface area (Å²) in [5.74, 6) is -1.15. The number of carboxylic acids is 1. The van der Waals surface area contributed by atoms with Crippen molar-refractivity contribution in [1.82, 2.24) is 4.90 Å². The standard InChI is InChI=1S/C14H19ClN2O5S/c1-23(20,21)17(5-4-16-6-8-22-9-7-16)11-2-3-12(14(18)19)13(15)10-11/h2-3,10H,4-9H2,1H3,(H,18,19). The third-order valence-corrected chi connectivity index (χ3v) is 5.10. The number of ether oxygens (including phenoxy) is 1. The molecule has 1 saturated heterocycles. The molecule has 9 heteroatoms. The maximum Gasteiger partial charge on any atom is 0.337 e. The number of halogens is 1. The minimum Gasteiger partial charge on any atom is -0.478 e. The molecule has 7 nitrogen and oxygen atoms in total. The van der Waals surface area contributed by atoms with E-state index in [9.17, 15) is 13.2 Å². The first-order valence-electron chi connectivity index (χ1n) is 7.09. The molecule has 0 atom stereocenters. The summed E-state index contributed by atoms with van der Waals surface area (Å²) >= 11 is 5.94. The Kier molecular flexibility index (Phi) is 5.85. The second-order valence-corrected chi connectivity index (χ2v) is 7.57. The first kappa shape index (κ1) is 18.0. The second kappa shape index (κ2) is 7.48. The van der Waals surface area contributed by atoms with Crippen LogP contribution >= 0.6 is 11.6 Å². The van der Waals surface area contributed by atoms with Gasteiger partial charge in [0, 0.05) is 26.2 Å². The Bertz CT molecular complexity index is 674. The number of rotatable bonds is 6. The number of sulfonamides is 1. The summed E-state index contributed by atoms with van der Waals surface area (Å²) in [4.78, 5) is 13.1. The largest absolute Gasteiger partial charge is 0.478 e. The van der Waals surface area contributed by atoms with Crippen molar-refractivity contribution < 1.29 is 23.1 Å². The lowest BCUT2D eigenvalue weighted by atomic mass is 10.2. The van der Waals surface area contributed by atoms with Gasteiger partial charge in [0.1, 0.15) is 0 Å². The van der Waals surface area contributed by atoms with Gasteiger partial charge in [0.05, 0.1) is 35.7 Å². The van der Waals surface area contributed by atoms with Crippen LogP contribution in [0.2, 0.25) is 5.02 Å². The van der Waals surface area contributed by atoms with Crippen molar-refractivity contribution in [2.24, 2.45) is 0 Å². The van der Waals surface area contributed by atoms with E-state index in [4.69, 9.17) is 21.4 Å². The molecule has 1 aromatic carbocycles. The zero-order chi connectivity index (χ0) is 17.0. The molecule has 0 amide bonds. The number of morpholine rings is 1. The maximum absolute atomic E-state index is 12.1. The molecule has 1 aliphatic rings. The molecular formula is C14H19ClN2O5S. The Morgan fingerprint density at radius 1 is 1.39 bits per heavy atom. The van der Waals surface area contributed by atoms with E-state index >= 15 is 0 Å². The average Bonchev–Trinajstić information content (AvgIpc) is 2.47. The molecule has 128 valence electrons. The molecule has 1 aliphatic heterocycles. The van der Waals surface area contributed by atoms with Crippen LogP contribution in [0.15, 0.2) is 18.2 Å². The Morgan fingerprint density at radius 3 is 2.57 bits per heavy atom. The molecule has 23 heavy (non-hydrogen) atoms. The van der Waals surface area contributed by atoms with E-state index in [1.807, 2.05) is 0 Å². The second-order valence-electron chi connectivity index (χ2n) is 5.26. The fourth-order valence-electron chi connectivity index (χ4n) is 2.38. The van der Waals surface area contributed by atoms with Gasteiger partial charge in [0.25, 0.3) is 0 Å². The van der Waals surface area contributed by atoms with Crippen LogP contribution in [-0.4, -0.2) is 70.0 Å². The highest BCUT2D eigenvalue weighted by Gasteiger charge is 2.21. The first-order valence-corrected chi connectivity index (χ1v) is 9.32. The van der Waals surface area contributed by atoms with Gasteiger partial charge in [-0.1, -0.05) is 11.6 Å². The van der Waals surface area contributed by atoms with Crippen LogP contribution in [0.3, 0.4) is 0 Å². The Morgan fingerprint density at radius 2 is 2.04 bits per heavy atom. The summed E-state index contributed by atoms with van der Waals surface area (Å²) in [6.07, 6.45) is 1.12. The Balaban J connectivity index is 2.18. The zero-order valence-electron chi connectivity index (χ0n) is 12.7. The van der Waals surface area contributed by atoms with Crippen molar-refractivity contribution in [3.8, 4) is 0 Å². The van der Waals surface area contributed by atoms with Crippen LogP contribution in [-0.2, 0) is 14.8 Å². The number of carboxylic acid groups (broad SMARTS) is 1. The van der Waals surface area contributed by atoms with Gasteiger partial charge in [-0.25, -0.2) is 13.2 Å². The van der Waals surface area contributed by atoms with Crippen LogP contribution in [0.25, 0.3) is 0 Å². The minimum atomic E-state index is -3.50. The molecule has 0 aromatic heterocycles. The van der Waals surface area contributed by atoms with Gasteiger partial charge in [-0.05, 0) is 18.2 Å². The summed E-state index contributed by atoms with van der Waals surface area (Å²) in [5.41, 5.74) is 0.299. The minimum absolute atomic E-state index is 0.00928. The highest BCUT2D eigenvalue weighted by atomic mass is 35.5. The highest BCUT2D eigenvalue weighted by molar-refractivity contribution is 7.92. The molecule has 0 unspecified atom stereocenters. The lowest BCUT2D eigenvalue weighted by Crippen LogP contribution is -2.43. The molecule has 0 spiro atoms. The molecule has 0 aliphatic carbocycles. The number of nitrogens with zero attached hydrogens (tertiary/aromatic N) is 2. The summed E-state index contributed by atoms with van der Waals surface area (Å²) < 4.78 is 30.6. The summed E-state index contributed by atoms with van der Waals surface area (Å²) in [7, 11) is -3.50. The number of carbonyl (C=O) groups is 1. The smallest absolute Gasteiger partial charge is 0.337 e. The van der Waals surface area contributed by atoms with E-state index in [1.165, 1.54) is 22.5 Å². The fraction of sp³-hybridized carbons (Fsp3) is 0.500. The van der Waals surface area contributed by atoms with E-state index < -0.39 is 16.0 Å². The van der Waals surface area contributed by atoms with Gasteiger partial charge in [0.15, 0.2) is 0 Å². The average molecular weight is 363 g/mol. The molecule has 1 N–H and O–H groups in total. The topological polar surface area (TPSA) is 87.2 Å². The van der Waals surface area contributed by atoms with Gasteiger partial charge < -0.3 is 9.84 Å². The Labute approximate surface area is 140 Å². The Hall–Kier alpha value is -1.35. The van der Waals surface area contributed by atoms with Crippen molar-refractivity contribution in [3.05, 3.63) is 28.8 Å². The van der Waals surface area contributed by atoms with Crippen molar-refractivity contribution in [1.29, 1.82) is 0 Å². The van der Waals surface area contributed by atoms with Crippen LogP contribution in [0.1, 0.15) is 10.4 Å². The van der Waals surface area contributed by atoms with E-state index in [2.05, 4.69) is 4.90 Å². The van der Waals surface area contributed by atoms with Crippen molar-refractivity contribution in [2.75, 3.05) is 50.0 Å². The molecule has 0 bridgehead atoms.